The van der Waals surface area contributed by atoms with Gasteiger partial charge in [0.05, 0.1) is 24.6 Å². The Morgan fingerprint density at radius 2 is 1.79 bits per heavy atom. The fourth-order valence-electron chi connectivity index (χ4n) is 4.02. The van der Waals surface area contributed by atoms with E-state index in [2.05, 4.69) is 5.10 Å². The van der Waals surface area contributed by atoms with Gasteiger partial charge in [-0.25, -0.2) is 9.50 Å². The summed E-state index contributed by atoms with van der Waals surface area (Å²) in [5, 5.41) is 4.42. The van der Waals surface area contributed by atoms with Crippen LogP contribution in [-0.2, 0) is 6.42 Å². The third-order valence-corrected chi connectivity index (χ3v) is 5.41. The Balaban J connectivity index is 1.61. The molecule has 0 radical (unpaired) electrons. The number of fused-ring (bicyclic) bond motifs is 2. The molecule has 0 aliphatic heterocycles. The van der Waals surface area contributed by atoms with Gasteiger partial charge >= 0.3 is 0 Å². The second-order valence-electron chi connectivity index (χ2n) is 7.06. The first-order valence-corrected chi connectivity index (χ1v) is 9.33. The van der Waals surface area contributed by atoms with Crippen LogP contribution >= 0.6 is 0 Å². The Morgan fingerprint density at radius 1 is 1.00 bits per heavy atom. The van der Waals surface area contributed by atoms with Crippen LogP contribution in [0.25, 0.3) is 16.8 Å². The van der Waals surface area contributed by atoms with E-state index in [1.54, 1.807) is 11.6 Å². The van der Waals surface area contributed by atoms with E-state index < -0.39 is 0 Å². The van der Waals surface area contributed by atoms with Crippen molar-refractivity contribution in [1.82, 2.24) is 14.6 Å². The van der Waals surface area contributed by atoms with Crippen molar-refractivity contribution in [3.05, 3.63) is 83.8 Å². The van der Waals surface area contributed by atoms with Crippen LogP contribution < -0.4 is 4.74 Å². The Kier molecular flexibility index (Phi) is 3.93. The van der Waals surface area contributed by atoms with E-state index in [0.29, 0.717) is 18.4 Å². The van der Waals surface area contributed by atoms with E-state index in [1.807, 2.05) is 67.0 Å². The Labute approximate surface area is 162 Å². The zero-order chi connectivity index (χ0) is 19.1. The maximum Gasteiger partial charge on any atom is 0.166 e. The van der Waals surface area contributed by atoms with Crippen LogP contribution in [-0.4, -0.2) is 27.5 Å². The maximum absolute atomic E-state index is 12.9. The quantitative estimate of drug-likeness (QED) is 0.540. The molecule has 1 atom stereocenters. The summed E-state index contributed by atoms with van der Waals surface area (Å²) < 4.78 is 7.22. The molecule has 5 rings (SSSR count). The van der Waals surface area contributed by atoms with Crippen molar-refractivity contribution in [2.45, 2.75) is 18.8 Å². The molecule has 0 amide bonds. The lowest BCUT2D eigenvalue weighted by Gasteiger charge is -2.24. The molecule has 0 saturated carbocycles. The van der Waals surface area contributed by atoms with Crippen molar-refractivity contribution < 1.29 is 9.53 Å². The summed E-state index contributed by atoms with van der Waals surface area (Å²) in [7, 11) is 1.66. The van der Waals surface area contributed by atoms with Gasteiger partial charge in [0, 0.05) is 24.1 Å². The van der Waals surface area contributed by atoms with Crippen LogP contribution in [0.5, 0.6) is 5.75 Å². The van der Waals surface area contributed by atoms with Gasteiger partial charge in [0.15, 0.2) is 11.4 Å². The fraction of sp³-hybridized carbons (Fsp3) is 0.174. The van der Waals surface area contributed by atoms with E-state index in [1.165, 1.54) is 0 Å². The third-order valence-electron chi connectivity index (χ3n) is 5.41. The SMILES string of the molecule is COc1ccccc1C1CC(=O)c2cn3ncc(-c4ccccc4)c3nc2C1. The number of Topliss-reactive ketones (excluding diaryl/α,β-unsaturated/α-hetero) is 1. The molecule has 0 saturated heterocycles. The number of hydrogen-bond donors (Lipinski definition) is 0. The summed E-state index contributed by atoms with van der Waals surface area (Å²) in [6, 6.07) is 18.0. The molecule has 2 aromatic carbocycles. The lowest BCUT2D eigenvalue weighted by Crippen LogP contribution is -2.21. The molecular formula is C23H19N3O2. The molecule has 0 spiro atoms. The maximum atomic E-state index is 12.9. The molecule has 2 heterocycles. The topological polar surface area (TPSA) is 56.5 Å². The predicted molar refractivity (Wildman–Crippen MR) is 107 cm³/mol. The van der Waals surface area contributed by atoms with Crippen LogP contribution in [0.3, 0.4) is 0 Å². The number of methoxy groups -OCH3 is 1. The smallest absolute Gasteiger partial charge is 0.166 e. The highest BCUT2D eigenvalue weighted by molar-refractivity contribution is 5.99. The highest BCUT2D eigenvalue weighted by Gasteiger charge is 2.30. The molecule has 138 valence electrons. The molecule has 2 aromatic heterocycles. The molecule has 5 heteroatoms. The number of aromatic nitrogens is 3. The van der Waals surface area contributed by atoms with E-state index in [0.717, 1.165) is 33.8 Å². The number of ether oxygens (including phenoxy) is 1. The summed E-state index contributed by atoms with van der Waals surface area (Å²) >= 11 is 0. The number of rotatable bonds is 3. The second kappa shape index (κ2) is 6.60. The number of nitrogens with zero attached hydrogens (tertiary/aromatic N) is 3. The largest absolute Gasteiger partial charge is 0.496 e. The van der Waals surface area contributed by atoms with Crippen LogP contribution in [0.1, 0.15) is 34.0 Å². The zero-order valence-electron chi connectivity index (χ0n) is 15.5. The zero-order valence-corrected chi connectivity index (χ0v) is 15.5. The molecule has 0 fully saturated rings. The molecule has 28 heavy (non-hydrogen) atoms. The van der Waals surface area contributed by atoms with Gasteiger partial charge in [0.2, 0.25) is 0 Å². The van der Waals surface area contributed by atoms with Crippen molar-refractivity contribution in [3.8, 4) is 16.9 Å². The van der Waals surface area contributed by atoms with Crippen LogP contribution in [0, 0.1) is 0 Å². The lowest BCUT2D eigenvalue weighted by atomic mass is 9.82. The van der Waals surface area contributed by atoms with Gasteiger partial charge in [-0.1, -0.05) is 48.5 Å². The first-order chi connectivity index (χ1) is 13.7. The monoisotopic (exact) mass is 369 g/mol. The van der Waals surface area contributed by atoms with E-state index in [9.17, 15) is 4.79 Å². The van der Waals surface area contributed by atoms with Gasteiger partial charge in [-0.15, -0.1) is 0 Å². The molecule has 0 bridgehead atoms. The summed E-state index contributed by atoms with van der Waals surface area (Å²) in [5.41, 5.74) is 5.36. The van der Waals surface area contributed by atoms with Gasteiger partial charge < -0.3 is 4.74 Å². The molecule has 0 N–H and O–H groups in total. The van der Waals surface area contributed by atoms with Gasteiger partial charge in [0.25, 0.3) is 0 Å². The number of ketones is 1. The number of benzene rings is 2. The summed E-state index contributed by atoms with van der Waals surface area (Å²) in [6.45, 7) is 0. The Morgan fingerprint density at radius 3 is 2.61 bits per heavy atom. The minimum absolute atomic E-state index is 0.0641. The summed E-state index contributed by atoms with van der Waals surface area (Å²) in [6.07, 6.45) is 4.79. The normalized spacial score (nSPS) is 16.2. The molecule has 1 aliphatic carbocycles. The van der Waals surface area contributed by atoms with Crippen LogP contribution in [0.15, 0.2) is 67.0 Å². The second-order valence-corrected chi connectivity index (χ2v) is 7.06. The fourth-order valence-corrected chi connectivity index (χ4v) is 4.02. The number of carbonyl (C=O) groups is 1. The minimum Gasteiger partial charge on any atom is -0.496 e. The highest BCUT2D eigenvalue weighted by Crippen LogP contribution is 2.37. The van der Waals surface area contributed by atoms with Crippen molar-refractivity contribution in [1.29, 1.82) is 0 Å². The highest BCUT2D eigenvalue weighted by atomic mass is 16.5. The average molecular weight is 369 g/mol. The van der Waals surface area contributed by atoms with E-state index >= 15 is 0 Å². The summed E-state index contributed by atoms with van der Waals surface area (Å²) in [5.74, 6) is 0.983. The third kappa shape index (κ3) is 2.67. The van der Waals surface area contributed by atoms with Gasteiger partial charge in [0.1, 0.15) is 5.75 Å². The van der Waals surface area contributed by atoms with Crippen molar-refractivity contribution in [2.75, 3.05) is 7.11 Å². The Bertz CT molecular complexity index is 1180. The van der Waals surface area contributed by atoms with Crippen molar-refractivity contribution in [2.24, 2.45) is 0 Å². The number of carbonyl (C=O) groups excluding carboxylic acids is 1. The van der Waals surface area contributed by atoms with E-state index in [-0.39, 0.29) is 11.7 Å². The number of hydrogen-bond acceptors (Lipinski definition) is 4. The number of para-hydroxylation sites is 1. The van der Waals surface area contributed by atoms with Gasteiger partial charge in [-0.2, -0.15) is 5.10 Å². The summed E-state index contributed by atoms with van der Waals surface area (Å²) in [4.78, 5) is 17.7. The molecule has 1 aliphatic rings. The minimum atomic E-state index is 0.0641. The molecular weight excluding hydrogens is 350 g/mol. The van der Waals surface area contributed by atoms with Crippen molar-refractivity contribution in [3.63, 3.8) is 0 Å². The van der Waals surface area contributed by atoms with E-state index in [4.69, 9.17) is 9.72 Å². The molecule has 1 unspecified atom stereocenters. The van der Waals surface area contributed by atoms with Crippen LogP contribution in [0.4, 0.5) is 0 Å². The first kappa shape index (κ1) is 16.7. The standard InChI is InChI=1S/C23H19N3O2/c1-28-22-10-6-5-9-17(22)16-11-20-19(21(27)12-16)14-26-23(25-20)18(13-24-26)15-7-3-2-4-8-15/h2-10,13-14,16H,11-12H2,1H3. The molecule has 4 aromatic rings. The van der Waals surface area contributed by atoms with Gasteiger partial charge in [-0.05, 0) is 23.6 Å². The van der Waals surface area contributed by atoms with Gasteiger partial charge in [-0.3, -0.25) is 4.79 Å². The predicted octanol–water partition coefficient (Wildman–Crippen LogP) is 4.32. The van der Waals surface area contributed by atoms with Crippen LogP contribution in [0.2, 0.25) is 0 Å². The van der Waals surface area contributed by atoms with Crippen molar-refractivity contribution >= 4 is 11.4 Å². The average Bonchev–Trinajstić information content (AvgIpc) is 3.16. The molecule has 5 nitrogen and oxygen atoms in total. The lowest BCUT2D eigenvalue weighted by molar-refractivity contribution is 0.0962. The Hall–Kier alpha value is -3.47. The first-order valence-electron chi connectivity index (χ1n) is 9.33.